The van der Waals surface area contributed by atoms with Crippen LogP contribution < -0.4 is 21.7 Å². The van der Waals surface area contributed by atoms with Crippen molar-refractivity contribution < 1.29 is 9.18 Å². The molecule has 0 aliphatic heterocycles. The Morgan fingerprint density at radius 1 is 1.12 bits per heavy atom. The molecule has 3 N–H and O–H groups in total. The van der Waals surface area contributed by atoms with Crippen molar-refractivity contribution in [1.29, 1.82) is 0 Å². The van der Waals surface area contributed by atoms with Crippen LogP contribution in [0.1, 0.15) is 0 Å². The number of carbonyl (C=O) groups excluding carboxylic acids is 1. The molecular formula is C17H14FN5O2S. The molecule has 0 atom stereocenters. The SMILES string of the molecule is O=C(Cn1cnc2ccccc2c1=O)NNC(=S)Nc1ccccc1F. The zero-order chi connectivity index (χ0) is 18.5. The van der Waals surface area contributed by atoms with Crippen LogP contribution in [0.4, 0.5) is 10.1 Å². The summed E-state index contributed by atoms with van der Waals surface area (Å²) in [7, 11) is 0. The van der Waals surface area contributed by atoms with Crippen LogP contribution >= 0.6 is 12.2 Å². The van der Waals surface area contributed by atoms with Gasteiger partial charge in [0.05, 0.1) is 22.9 Å². The Balaban J connectivity index is 1.59. The molecule has 0 aliphatic rings. The second-order valence-electron chi connectivity index (χ2n) is 5.30. The smallest absolute Gasteiger partial charge is 0.261 e. The summed E-state index contributed by atoms with van der Waals surface area (Å²) in [5.41, 5.74) is 5.21. The summed E-state index contributed by atoms with van der Waals surface area (Å²) in [6.07, 6.45) is 1.31. The minimum atomic E-state index is -0.512. The highest BCUT2D eigenvalue weighted by molar-refractivity contribution is 7.80. The highest BCUT2D eigenvalue weighted by Crippen LogP contribution is 2.11. The molecule has 0 saturated heterocycles. The normalized spacial score (nSPS) is 10.3. The number of hydrogen-bond acceptors (Lipinski definition) is 4. The predicted molar refractivity (Wildman–Crippen MR) is 99.9 cm³/mol. The number of halogens is 1. The Labute approximate surface area is 152 Å². The third-order valence-electron chi connectivity index (χ3n) is 3.48. The van der Waals surface area contributed by atoms with Gasteiger partial charge in [-0.1, -0.05) is 24.3 Å². The second-order valence-corrected chi connectivity index (χ2v) is 5.71. The van der Waals surface area contributed by atoms with Gasteiger partial charge in [-0.2, -0.15) is 0 Å². The first kappa shape index (κ1) is 17.5. The lowest BCUT2D eigenvalue weighted by Gasteiger charge is -2.12. The number of nitrogens with one attached hydrogen (secondary N) is 3. The Kier molecular flexibility index (Phi) is 5.18. The fraction of sp³-hybridized carbons (Fsp3) is 0.0588. The predicted octanol–water partition coefficient (Wildman–Crippen LogP) is 1.55. The van der Waals surface area contributed by atoms with Crippen LogP contribution in [0.5, 0.6) is 0 Å². The fourth-order valence-corrected chi connectivity index (χ4v) is 2.42. The van der Waals surface area contributed by atoms with Crippen molar-refractivity contribution in [3.05, 3.63) is 71.0 Å². The minimum absolute atomic E-state index is 0.00688. The quantitative estimate of drug-likeness (QED) is 0.478. The molecule has 1 aromatic heterocycles. The Bertz CT molecular complexity index is 1040. The molecule has 0 spiro atoms. The summed E-state index contributed by atoms with van der Waals surface area (Å²) in [6, 6.07) is 12.8. The van der Waals surface area contributed by atoms with Crippen LogP contribution in [0, 0.1) is 5.82 Å². The number of nitrogens with zero attached hydrogens (tertiary/aromatic N) is 2. The van der Waals surface area contributed by atoms with Gasteiger partial charge in [0.25, 0.3) is 11.5 Å². The Morgan fingerprint density at radius 2 is 1.85 bits per heavy atom. The third kappa shape index (κ3) is 4.01. The standard InChI is InChI=1S/C17H14FN5O2S/c18-12-6-2-4-8-14(12)20-17(26)22-21-15(24)9-23-10-19-13-7-3-1-5-11(13)16(23)25/h1-8,10H,9H2,(H,21,24)(H2,20,22,26). The summed E-state index contributed by atoms with van der Waals surface area (Å²) < 4.78 is 14.7. The number of rotatable bonds is 3. The van der Waals surface area contributed by atoms with E-state index in [4.69, 9.17) is 12.2 Å². The molecule has 0 fully saturated rings. The number of amides is 1. The molecule has 1 amide bonds. The van der Waals surface area contributed by atoms with E-state index in [1.807, 2.05) is 0 Å². The van der Waals surface area contributed by atoms with Crippen molar-refractivity contribution in [1.82, 2.24) is 20.4 Å². The van der Waals surface area contributed by atoms with E-state index in [1.165, 1.54) is 23.0 Å². The van der Waals surface area contributed by atoms with E-state index in [0.29, 0.717) is 10.9 Å². The van der Waals surface area contributed by atoms with E-state index >= 15 is 0 Å². The minimum Gasteiger partial charge on any atom is -0.329 e. The molecule has 3 rings (SSSR count). The molecular weight excluding hydrogens is 357 g/mol. The summed E-state index contributed by atoms with van der Waals surface area (Å²) >= 11 is 4.98. The zero-order valence-electron chi connectivity index (χ0n) is 13.4. The molecule has 0 radical (unpaired) electrons. The highest BCUT2D eigenvalue weighted by atomic mass is 32.1. The summed E-state index contributed by atoms with van der Waals surface area (Å²) in [4.78, 5) is 28.5. The number of aromatic nitrogens is 2. The molecule has 0 bridgehead atoms. The van der Waals surface area contributed by atoms with Crippen LogP contribution in [0.2, 0.25) is 0 Å². The molecule has 26 heavy (non-hydrogen) atoms. The summed E-state index contributed by atoms with van der Waals surface area (Å²) in [5.74, 6) is -0.987. The largest absolute Gasteiger partial charge is 0.329 e. The van der Waals surface area contributed by atoms with E-state index < -0.39 is 11.7 Å². The van der Waals surface area contributed by atoms with Gasteiger partial charge < -0.3 is 5.32 Å². The molecule has 3 aromatic rings. The van der Waals surface area contributed by atoms with Crippen molar-refractivity contribution >= 4 is 39.8 Å². The number of hydrogen-bond donors (Lipinski definition) is 3. The van der Waals surface area contributed by atoms with Crippen LogP contribution in [0.15, 0.2) is 59.7 Å². The van der Waals surface area contributed by atoms with Gasteiger partial charge in [-0.25, -0.2) is 9.37 Å². The topological polar surface area (TPSA) is 88.0 Å². The number of thiocarbonyl (C=S) groups is 1. The van der Waals surface area contributed by atoms with Gasteiger partial charge in [0.2, 0.25) is 0 Å². The first-order chi connectivity index (χ1) is 12.5. The lowest BCUT2D eigenvalue weighted by Crippen LogP contribution is -2.46. The van der Waals surface area contributed by atoms with Gasteiger partial charge in [0.1, 0.15) is 12.4 Å². The van der Waals surface area contributed by atoms with Crippen LogP contribution in [0.3, 0.4) is 0 Å². The van der Waals surface area contributed by atoms with Gasteiger partial charge in [-0.3, -0.25) is 25.0 Å². The summed E-state index contributed by atoms with van der Waals surface area (Å²) in [6.45, 7) is -0.244. The average Bonchev–Trinajstić information content (AvgIpc) is 2.64. The number of hydrazine groups is 1. The van der Waals surface area contributed by atoms with Gasteiger partial charge in [0, 0.05) is 0 Å². The van der Waals surface area contributed by atoms with Gasteiger partial charge in [-0.05, 0) is 36.5 Å². The molecule has 7 nitrogen and oxygen atoms in total. The maximum atomic E-state index is 13.5. The van der Waals surface area contributed by atoms with Crippen LogP contribution in [0.25, 0.3) is 10.9 Å². The highest BCUT2D eigenvalue weighted by Gasteiger charge is 2.09. The second kappa shape index (κ2) is 7.70. The first-order valence-electron chi connectivity index (χ1n) is 7.59. The maximum Gasteiger partial charge on any atom is 0.261 e. The molecule has 1 heterocycles. The fourth-order valence-electron chi connectivity index (χ4n) is 2.26. The van der Waals surface area contributed by atoms with Crippen LogP contribution in [-0.4, -0.2) is 20.6 Å². The number of fused-ring (bicyclic) bond motifs is 1. The monoisotopic (exact) mass is 371 g/mol. The van der Waals surface area contributed by atoms with E-state index in [9.17, 15) is 14.0 Å². The molecule has 0 aliphatic carbocycles. The molecule has 9 heteroatoms. The number of para-hydroxylation sites is 2. The van der Waals surface area contributed by atoms with Gasteiger partial charge >= 0.3 is 0 Å². The Hall–Kier alpha value is -3.33. The Morgan fingerprint density at radius 3 is 2.65 bits per heavy atom. The number of carbonyl (C=O) groups is 1. The average molecular weight is 371 g/mol. The van der Waals surface area contributed by atoms with E-state index in [1.54, 1.807) is 36.4 Å². The third-order valence-corrected chi connectivity index (χ3v) is 3.69. The van der Waals surface area contributed by atoms with Gasteiger partial charge in [0.15, 0.2) is 5.11 Å². The first-order valence-corrected chi connectivity index (χ1v) is 8.00. The van der Waals surface area contributed by atoms with Crippen molar-refractivity contribution in [2.75, 3.05) is 5.32 Å². The number of anilines is 1. The number of benzene rings is 2. The van der Waals surface area contributed by atoms with Crippen molar-refractivity contribution in [3.63, 3.8) is 0 Å². The lowest BCUT2D eigenvalue weighted by atomic mass is 10.2. The maximum absolute atomic E-state index is 13.5. The van der Waals surface area contributed by atoms with E-state index in [0.717, 1.165) is 0 Å². The van der Waals surface area contributed by atoms with E-state index in [2.05, 4.69) is 21.2 Å². The lowest BCUT2D eigenvalue weighted by molar-refractivity contribution is -0.122. The molecule has 0 unspecified atom stereocenters. The van der Waals surface area contributed by atoms with Crippen LogP contribution in [-0.2, 0) is 11.3 Å². The van der Waals surface area contributed by atoms with Crippen molar-refractivity contribution in [2.24, 2.45) is 0 Å². The van der Waals surface area contributed by atoms with Crippen molar-refractivity contribution in [2.45, 2.75) is 6.54 Å². The molecule has 0 saturated carbocycles. The molecule has 2 aromatic carbocycles. The molecule has 132 valence electrons. The van der Waals surface area contributed by atoms with E-state index in [-0.39, 0.29) is 22.9 Å². The van der Waals surface area contributed by atoms with Crippen molar-refractivity contribution in [3.8, 4) is 0 Å². The van der Waals surface area contributed by atoms with Gasteiger partial charge in [-0.15, -0.1) is 0 Å². The summed E-state index contributed by atoms with van der Waals surface area (Å²) in [5, 5.41) is 3.05. The zero-order valence-corrected chi connectivity index (χ0v) is 14.2.